The van der Waals surface area contributed by atoms with Crippen LogP contribution in [-0.2, 0) is 10.2 Å². The summed E-state index contributed by atoms with van der Waals surface area (Å²) in [5.74, 6) is 0. The van der Waals surface area contributed by atoms with Crippen molar-refractivity contribution in [1.29, 1.82) is 0 Å². The molecule has 13 heavy (non-hydrogen) atoms. The van der Waals surface area contributed by atoms with Crippen LogP contribution in [0.4, 0.5) is 0 Å². The quantitative estimate of drug-likeness (QED) is 0.679. The van der Waals surface area contributed by atoms with Gasteiger partial charge in [-0.25, -0.2) is 0 Å². The SMILES string of the molecule is CC(C)(CC=O)c1cccc(Cl)c1. The Bertz CT molecular complexity index is 305. The van der Waals surface area contributed by atoms with Gasteiger partial charge in [0.1, 0.15) is 6.29 Å². The van der Waals surface area contributed by atoms with Crippen molar-refractivity contribution >= 4 is 17.9 Å². The molecule has 0 heterocycles. The molecule has 0 aliphatic heterocycles. The molecule has 0 aliphatic rings. The third kappa shape index (κ3) is 2.56. The van der Waals surface area contributed by atoms with Gasteiger partial charge in [0.15, 0.2) is 0 Å². The maximum absolute atomic E-state index is 10.4. The molecule has 0 aliphatic carbocycles. The molecule has 1 aromatic carbocycles. The first-order valence-electron chi connectivity index (χ1n) is 4.26. The minimum absolute atomic E-state index is 0.118. The third-order valence-electron chi connectivity index (χ3n) is 2.20. The molecule has 1 aromatic rings. The van der Waals surface area contributed by atoms with Crippen LogP contribution in [0.15, 0.2) is 24.3 Å². The summed E-state index contributed by atoms with van der Waals surface area (Å²) >= 11 is 5.86. The van der Waals surface area contributed by atoms with E-state index in [0.29, 0.717) is 6.42 Å². The van der Waals surface area contributed by atoms with E-state index in [1.165, 1.54) is 0 Å². The van der Waals surface area contributed by atoms with Crippen LogP contribution >= 0.6 is 11.6 Å². The van der Waals surface area contributed by atoms with Gasteiger partial charge in [-0.15, -0.1) is 0 Å². The summed E-state index contributed by atoms with van der Waals surface area (Å²) in [7, 11) is 0. The zero-order valence-corrected chi connectivity index (χ0v) is 8.64. The Morgan fingerprint density at radius 3 is 2.69 bits per heavy atom. The molecule has 70 valence electrons. The summed E-state index contributed by atoms with van der Waals surface area (Å²) in [6.45, 7) is 4.07. The van der Waals surface area contributed by atoms with Gasteiger partial charge in [0.25, 0.3) is 0 Å². The van der Waals surface area contributed by atoms with Crippen LogP contribution in [0.3, 0.4) is 0 Å². The fourth-order valence-electron chi connectivity index (χ4n) is 1.24. The van der Waals surface area contributed by atoms with Crippen molar-refractivity contribution in [1.82, 2.24) is 0 Å². The molecule has 0 spiro atoms. The Hall–Kier alpha value is -0.820. The van der Waals surface area contributed by atoms with E-state index in [4.69, 9.17) is 11.6 Å². The van der Waals surface area contributed by atoms with Crippen LogP contribution in [0.1, 0.15) is 25.8 Å². The van der Waals surface area contributed by atoms with Crippen molar-refractivity contribution in [3.63, 3.8) is 0 Å². The Balaban J connectivity index is 2.99. The highest BCUT2D eigenvalue weighted by Crippen LogP contribution is 2.27. The molecule has 2 heteroatoms. The average Bonchev–Trinajstić information content (AvgIpc) is 2.04. The number of hydrogen-bond acceptors (Lipinski definition) is 1. The highest BCUT2D eigenvalue weighted by Gasteiger charge is 2.19. The number of carbonyl (C=O) groups excluding carboxylic acids is 1. The molecular weight excluding hydrogens is 184 g/mol. The van der Waals surface area contributed by atoms with Crippen molar-refractivity contribution in [2.75, 3.05) is 0 Å². The molecular formula is C11H13ClO. The first-order chi connectivity index (χ1) is 6.06. The van der Waals surface area contributed by atoms with Gasteiger partial charge in [0.2, 0.25) is 0 Å². The maximum atomic E-state index is 10.4. The lowest BCUT2D eigenvalue weighted by Gasteiger charge is -2.22. The molecule has 0 radical (unpaired) electrons. The van der Waals surface area contributed by atoms with Gasteiger partial charge < -0.3 is 4.79 Å². The summed E-state index contributed by atoms with van der Waals surface area (Å²) in [4.78, 5) is 10.4. The van der Waals surface area contributed by atoms with Gasteiger partial charge >= 0.3 is 0 Å². The molecule has 1 nitrogen and oxygen atoms in total. The fraction of sp³-hybridized carbons (Fsp3) is 0.364. The van der Waals surface area contributed by atoms with Gasteiger partial charge in [0.05, 0.1) is 0 Å². The van der Waals surface area contributed by atoms with E-state index in [9.17, 15) is 4.79 Å². The minimum atomic E-state index is -0.118. The van der Waals surface area contributed by atoms with Crippen LogP contribution in [0.5, 0.6) is 0 Å². The molecule has 0 amide bonds. The topological polar surface area (TPSA) is 17.1 Å². The Morgan fingerprint density at radius 1 is 1.46 bits per heavy atom. The summed E-state index contributed by atoms with van der Waals surface area (Å²) in [5, 5.41) is 0.719. The van der Waals surface area contributed by atoms with Crippen LogP contribution in [0.2, 0.25) is 5.02 Å². The van der Waals surface area contributed by atoms with E-state index in [0.717, 1.165) is 16.9 Å². The zero-order valence-electron chi connectivity index (χ0n) is 7.88. The summed E-state index contributed by atoms with van der Waals surface area (Å²) in [6, 6.07) is 7.65. The predicted molar refractivity (Wildman–Crippen MR) is 55.2 cm³/mol. The molecule has 0 saturated carbocycles. The Kier molecular flexibility index (Phi) is 3.10. The average molecular weight is 197 g/mol. The first-order valence-corrected chi connectivity index (χ1v) is 4.64. The smallest absolute Gasteiger partial charge is 0.120 e. The van der Waals surface area contributed by atoms with Gasteiger partial charge in [-0.05, 0) is 23.1 Å². The van der Waals surface area contributed by atoms with Gasteiger partial charge in [-0.2, -0.15) is 0 Å². The molecule has 0 atom stereocenters. The van der Waals surface area contributed by atoms with Crippen molar-refractivity contribution in [3.05, 3.63) is 34.9 Å². The second-order valence-electron chi connectivity index (χ2n) is 3.77. The number of benzene rings is 1. The number of carbonyl (C=O) groups is 1. The normalized spacial score (nSPS) is 11.3. The van der Waals surface area contributed by atoms with E-state index >= 15 is 0 Å². The van der Waals surface area contributed by atoms with E-state index in [2.05, 4.69) is 0 Å². The molecule has 0 unspecified atom stereocenters. The molecule has 0 bridgehead atoms. The Morgan fingerprint density at radius 2 is 2.15 bits per heavy atom. The second-order valence-corrected chi connectivity index (χ2v) is 4.20. The van der Waals surface area contributed by atoms with Crippen molar-refractivity contribution in [3.8, 4) is 0 Å². The predicted octanol–water partition coefficient (Wildman–Crippen LogP) is 3.21. The summed E-state index contributed by atoms with van der Waals surface area (Å²) in [6.07, 6.45) is 1.47. The van der Waals surface area contributed by atoms with Crippen molar-refractivity contribution in [2.45, 2.75) is 25.7 Å². The first kappa shape index (κ1) is 10.3. The van der Waals surface area contributed by atoms with Crippen molar-refractivity contribution < 1.29 is 4.79 Å². The number of aldehydes is 1. The minimum Gasteiger partial charge on any atom is -0.303 e. The largest absolute Gasteiger partial charge is 0.303 e. The van der Waals surface area contributed by atoms with E-state index in [-0.39, 0.29) is 5.41 Å². The number of rotatable bonds is 3. The standard InChI is InChI=1S/C11H13ClO/c1-11(2,6-7-13)9-4-3-5-10(12)8-9/h3-5,7-8H,6H2,1-2H3. The molecule has 0 aromatic heterocycles. The van der Waals surface area contributed by atoms with Crippen LogP contribution < -0.4 is 0 Å². The van der Waals surface area contributed by atoms with E-state index in [1.54, 1.807) is 0 Å². The van der Waals surface area contributed by atoms with E-state index in [1.807, 2.05) is 38.1 Å². The van der Waals surface area contributed by atoms with Crippen molar-refractivity contribution in [2.24, 2.45) is 0 Å². The van der Waals surface area contributed by atoms with Crippen LogP contribution in [0.25, 0.3) is 0 Å². The molecule has 0 fully saturated rings. The van der Waals surface area contributed by atoms with Gasteiger partial charge in [-0.1, -0.05) is 37.6 Å². The highest BCUT2D eigenvalue weighted by molar-refractivity contribution is 6.30. The zero-order chi connectivity index (χ0) is 9.90. The van der Waals surface area contributed by atoms with Crippen LogP contribution in [0, 0.1) is 0 Å². The third-order valence-corrected chi connectivity index (χ3v) is 2.43. The molecule has 0 saturated heterocycles. The van der Waals surface area contributed by atoms with E-state index < -0.39 is 0 Å². The molecule has 0 N–H and O–H groups in total. The number of hydrogen-bond donors (Lipinski definition) is 0. The van der Waals surface area contributed by atoms with Gasteiger partial charge in [-0.3, -0.25) is 0 Å². The lowest BCUT2D eigenvalue weighted by atomic mass is 9.82. The highest BCUT2D eigenvalue weighted by atomic mass is 35.5. The monoisotopic (exact) mass is 196 g/mol. The summed E-state index contributed by atoms with van der Waals surface area (Å²) < 4.78 is 0. The lowest BCUT2D eigenvalue weighted by Crippen LogP contribution is -2.17. The number of halogens is 1. The molecule has 1 rings (SSSR count). The lowest BCUT2D eigenvalue weighted by molar-refractivity contribution is -0.108. The van der Waals surface area contributed by atoms with Gasteiger partial charge in [0, 0.05) is 11.4 Å². The van der Waals surface area contributed by atoms with Crippen LogP contribution in [-0.4, -0.2) is 6.29 Å². The Labute approximate surface area is 83.7 Å². The fourth-order valence-corrected chi connectivity index (χ4v) is 1.43. The summed E-state index contributed by atoms with van der Waals surface area (Å²) in [5.41, 5.74) is 0.985. The second kappa shape index (κ2) is 3.93. The maximum Gasteiger partial charge on any atom is 0.120 e.